The van der Waals surface area contributed by atoms with Crippen LogP contribution in [-0.4, -0.2) is 0 Å². The van der Waals surface area contributed by atoms with Gasteiger partial charge in [0.05, 0.1) is 0 Å². The van der Waals surface area contributed by atoms with Crippen LogP contribution in [0.2, 0.25) is 0 Å². The van der Waals surface area contributed by atoms with E-state index in [1.54, 1.807) is 12.1 Å². The molecule has 2 aromatic rings. The monoisotopic (exact) mass is 264 g/mol. The van der Waals surface area contributed by atoms with E-state index in [-0.39, 0.29) is 0 Å². The number of hydrogen-bond acceptors (Lipinski definition) is 0. The third-order valence-corrected chi connectivity index (χ3v) is 2.92. The average Bonchev–Trinajstić information content (AvgIpc) is 2.35. The van der Waals surface area contributed by atoms with Gasteiger partial charge in [-0.15, -0.1) is 0 Å². The van der Waals surface area contributed by atoms with Crippen LogP contribution >= 0.6 is 0 Å². The molecule has 100 valence electrons. The molecule has 0 aromatic heterocycles. The van der Waals surface area contributed by atoms with Gasteiger partial charge >= 0.3 is 0 Å². The van der Waals surface area contributed by atoms with Gasteiger partial charge in [0.2, 0.25) is 0 Å². The molecule has 0 N–H and O–H groups in total. The quantitative estimate of drug-likeness (QED) is 0.687. The first-order chi connectivity index (χ1) is 8.97. The second kappa shape index (κ2) is 5.47. The maximum atomic E-state index is 13.2. The lowest BCUT2D eigenvalue weighted by atomic mass is 9.99. The number of hydrogen-bond donors (Lipinski definition) is 0. The molecule has 0 nitrogen and oxygen atoms in total. The van der Waals surface area contributed by atoms with Crippen LogP contribution in [0.5, 0.6) is 0 Å². The molecule has 0 aliphatic rings. The van der Waals surface area contributed by atoms with Crippen LogP contribution in [0.1, 0.15) is 19.4 Å². The number of benzene rings is 2. The fraction of sp³-hybridized carbons (Fsp3) is 0.250. The van der Waals surface area contributed by atoms with Gasteiger partial charge in [0, 0.05) is 0 Å². The van der Waals surface area contributed by atoms with Crippen LogP contribution in [0.15, 0.2) is 36.4 Å². The predicted octanol–water partition coefficient (Wildman–Crippen LogP) is 4.97. The Morgan fingerprint density at radius 3 is 1.84 bits per heavy atom. The molecule has 0 unspecified atom stereocenters. The average molecular weight is 264 g/mol. The minimum atomic E-state index is -1.43. The van der Waals surface area contributed by atoms with Gasteiger partial charge in [0.25, 0.3) is 0 Å². The maximum Gasteiger partial charge on any atom is 0.194 e. The zero-order chi connectivity index (χ0) is 14.0. The van der Waals surface area contributed by atoms with Crippen LogP contribution < -0.4 is 0 Å². The van der Waals surface area contributed by atoms with Crippen molar-refractivity contribution in [1.29, 1.82) is 0 Å². The molecule has 0 saturated heterocycles. The van der Waals surface area contributed by atoms with Gasteiger partial charge in [-0.05, 0) is 41.2 Å². The summed E-state index contributed by atoms with van der Waals surface area (Å²) in [5.41, 5.74) is 2.18. The Bertz CT molecular complexity index is 548. The number of rotatable bonds is 3. The summed E-state index contributed by atoms with van der Waals surface area (Å²) in [4.78, 5) is 0. The van der Waals surface area contributed by atoms with Gasteiger partial charge in [0.15, 0.2) is 17.5 Å². The minimum absolute atomic E-state index is 0.340. The van der Waals surface area contributed by atoms with Gasteiger partial charge < -0.3 is 0 Å². The molecule has 0 fully saturated rings. The summed E-state index contributed by atoms with van der Waals surface area (Å²) >= 11 is 0. The summed E-state index contributed by atoms with van der Waals surface area (Å²) in [6.45, 7) is 4.25. The van der Waals surface area contributed by atoms with E-state index >= 15 is 0 Å². The van der Waals surface area contributed by atoms with Crippen LogP contribution in [0.3, 0.4) is 0 Å². The lowest BCUT2D eigenvalue weighted by molar-refractivity contribution is 0.448. The Balaban J connectivity index is 2.32. The van der Waals surface area contributed by atoms with Crippen molar-refractivity contribution in [3.8, 4) is 11.1 Å². The highest BCUT2D eigenvalue weighted by atomic mass is 19.2. The molecular formula is C16H15F3. The SMILES string of the molecule is CC(C)Cc1ccc(-c2cc(F)c(F)c(F)c2)cc1. The van der Waals surface area contributed by atoms with Gasteiger partial charge in [0.1, 0.15) is 0 Å². The highest BCUT2D eigenvalue weighted by Crippen LogP contribution is 2.24. The summed E-state index contributed by atoms with van der Waals surface area (Å²) in [5, 5.41) is 0. The van der Waals surface area contributed by atoms with E-state index in [0.29, 0.717) is 17.0 Å². The largest absolute Gasteiger partial charge is 0.204 e. The van der Waals surface area contributed by atoms with Crippen molar-refractivity contribution in [3.63, 3.8) is 0 Å². The van der Waals surface area contributed by atoms with E-state index in [1.165, 1.54) is 5.56 Å². The molecular weight excluding hydrogens is 249 g/mol. The predicted molar refractivity (Wildman–Crippen MR) is 70.3 cm³/mol. The summed E-state index contributed by atoms with van der Waals surface area (Å²) in [5.74, 6) is -3.21. The van der Waals surface area contributed by atoms with Crippen molar-refractivity contribution >= 4 is 0 Å². The third kappa shape index (κ3) is 3.16. The first-order valence-corrected chi connectivity index (χ1v) is 6.21. The topological polar surface area (TPSA) is 0 Å². The summed E-state index contributed by atoms with van der Waals surface area (Å²) in [6, 6.07) is 9.46. The van der Waals surface area contributed by atoms with E-state index in [9.17, 15) is 13.2 Å². The second-order valence-corrected chi connectivity index (χ2v) is 5.05. The molecule has 0 spiro atoms. The summed E-state index contributed by atoms with van der Waals surface area (Å²) in [6.07, 6.45) is 0.951. The van der Waals surface area contributed by atoms with Crippen molar-refractivity contribution < 1.29 is 13.2 Å². The molecule has 0 atom stereocenters. The van der Waals surface area contributed by atoms with Crippen molar-refractivity contribution in [2.75, 3.05) is 0 Å². The second-order valence-electron chi connectivity index (χ2n) is 5.05. The smallest absolute Gasteiger partial charge is 0.194 e. The van der Waals surface area contributed by atoms with Crippen LogP contribution in [-0.2, 0) is 6.42 Å². The lowest BCUT2D eigenvalue weighted by Crippen LogP contribution is -1.94. The Morgan fingerprint density at radius 1 is 0.842 bits per heavy atom. The van der Waals surface area contributed by atoms with Crippen molar-refractivity contribution in [3.05, 3.63) is 59.4 Å². The standard InChI is InChI=1S/C16H15F3/c1-10(2)7-11-3-5-12(6-4-11)13-8-14(17)16(19)15(18)9-13/h3-6,8-10H,7H2,1-2H3. The van der Waals surface area contributed by atoms with E-state index in [0.717, 1.165) is 18.6 Å². The molecule has 0 aliphatic carbocycles. The molecule has 0 heterocycles. The lowest BCUT2D eigenvalue weighted by Gasteiger charge is -2.07. The normalized spacial score (nSPS) is 11.1. The van der Waals surface area contributed by atoms with Crippen molar-refractivity contribution in [2.24, 2.45) is 5.92 Å². The van der Waals surface area contributed by atoms with Crippen molar-refractivity contribution in [1.82, 2.24) is 0 Å². The molecule has 0 radical (unpaired) electrons. The first kappa shape index (κ1) is 13.7. The van der Waals surface area contributed by atoms with E-state index in [4.69, 9.17) is 0 Å². The summed E-state index contributed by atoms with van der Waals surface area (Å²) < 4.78 is 39.2. The van der Waals surface area contributed by atoms with Gasteiger partial charge in [-0.3, -0.25) is 0 Å². The van der Waals surface area contributed by atoms with Crippen LogP contribution in [0, 0.1) is 23.4 Å². The third-order valence-electron chi connectivity index (χ3n) is 2.92. The van der Waals surface area contributed by atoms with Gasteiger partial charge in [-0.25, -0.2) is 13.2 Å². The fourth-order valence-corrected chi connectivity index (χ4v) is 2.03. The molecule has 2 aromatic carbocycles. The molecule has 0 aliphatic heterocycles. The fourth-order valence-electron chi connectivity index (χ4n) is 2.03. The minimum Gasteiger partial charge on any atom is -0.204 e. The van der Waals surface area contributed by atoms with E-state index in [1.807, 2.05) is 12.1 Å². The zero-order valence-electron chi connectivity index (χ0n) is 10.9. The highest BCUT2D eigenvalue weighted by molar-refractivity contribution is 5.63. The summed E-state index contributed by atoms with van der Waals surface area (Å²) in [7, 11) is 0. The molecule has 19 heavy (non-hydrogen) atoms. The highest BCUT2D eigenvalue weighted by Gasteiger charge is 2.11. The van der Waals surface area contributed by atoms with Crippen molar-refractivity contribution in [2.45, 2.75) is 20.3 Å². The Hall–Kier alpha value is -1.77. The van der Waals surface area contributed by atoms with Crippen LogP contribution in [0.25, 0.3) is 11.1 Å². The maximum absolute atomic E-state index is 13.2. The molecule has 0 saturated carbocycles. The molecule has 2 rings (SSSR count). The Labute approximate surface area is 110 Å². The first-order valence-electron chi connectivity index (χ1n) is 6.21. The van der Waals surface area contributed by atoms with Crippen LogP contribution in [0.4, 0.5) is 13.2 Å². The molecule has 3 heteroatoms. The van der Waals surface area contributed by atoms with Gasteiger partial charge in [-0.2, -0.15) is 0 Å². The Kier molecular flexibility index (Phi) is 3.93. The zero-order valence-corrected chi connectivity index (χ0v) is 10.9. The van der Waals surface area contributed by atoms with Gasteiger partial charge in [-0.1, -0.05) is 38.1 Å². The van der Waals surface area contributed by atoms with E-state index in [2.05, 4.69) is 13.8 Å². The van der Waals surface area contributed by atoms with E-state index < -0.39 is 17.5 Å². The molecule has 0 amide bonds. The number of halogens is 3. The molecule has 0 bridgehead atoms. The Morgan fingerprint density at radius 2 is 1.37 bits per heavy atom.